The van der Waals surface area contributed by atoms with Crippen molar-refractivity contribution >= 4 is 52.1 Å². The van der Waals surface area contributed by atoms with E-state index < -0.39 is 5.97 Å². The molecule has 10 heteroatoms. The Morgan fingerprint density at radius 3 is 2.23 bits per heavy atom. The molecule has 0 spiro atoms. The van der Waals surface area contributed by atoms with Gasteiger partial charge in [0.15, 0.2) is 0 Å². The van der Waals surface area contributed by atoms with Crippen LogP contribution < -0.4 is 10.5 Å². The lowest BCUT2D eigenvalue weighted by molar-refractivity contribution is -0.137. The minimum atomic E-state index is -0.728. The Morgan fingerprint density at radius 2 is 1.65 bits per heavy atom. The van der Waals surface area contributed by atoms with E-state index in [4.69, 9.17) is 17.3 Å². The van der Waals surface area contributed by atoms with Gasteiger partial charge in [-0.3, -0.25) is 23.9 Å². The summed E-state index contributed by atoms with van der Waals surface area (Å²) in [6, 6.07) is 2.08. The Hall–Kier alpha value is -2.64. The van der Waals surface area contributed by atoms with Crippen molar-refractivity contribution in [2.75, 3.05) is 24.5 Å². The van der Waals surface area contributed by atoms with E-state index in [9.17, 15) is 19.6 Å². The van der Waals surface area contributed by atoms with E-state index in [2.05, 4.69) is 24.8 Å². The minimum absolute atomic E-state index is 0.105. The molecule has 8 nitrogen and oxygen atoms in total. The molecule has 0 saturated carbocycles. The first-order valence-corrected chi connectivity index (χ1v) is 15.6. The SMILES string of the molecule is Cc1c(C=C2SC(=S)N(CCCCCCCCCCC(=O)O)C2=O)c(N2CC(C)CC(C)C2)n(C)c(=O)c1C#N. The largest absolute Gasteiger partial charge is 0.481 e. The van der Waals surface area contributed by atoms with Crippen LogP contribution >= 0.6 is 24.0 Å². The molecule has 0 radical (unpaired) electrons. The molecule has 1 N–H and O–H groups in total. The number of thiocarbonyl (C=S) groups is 1. The van der Waals surface area contributed by atoms with Crippen LogP contribution in [0.1, 0.15) is 94.7 Å². The van der Waals surface area contributed by atoms with Crippen LogP contribution in [-0.2, 0) is 16.6 Å². The van der Waals surface area contributed by atoms with Crippen molar-refractivity contribution in [3.05, 3.63) is 31.9 Å². The molecule has 0 aromatic carbocycles. The van der Waals surface area contributed by atoms with Gasteiger partial charge in [0.1, 0.15) is 21.8 Å². The summed E-state index contributed by atoms with van der Waals surface area (Å²) in [4.78, 5) is 41.5. The fraction of sp³-hybridized carbons (Fsp3) is 0.633. The zero-order valence-corrected chi connectivity index (χ0v) is 25.8. The first-order valence-electron chi connectivity index (χ1n) is 14.4. The molecule has 0 bridgehead atoms. The number of pyridine rings is 1. The number of hydrogen-bond donors (Lipinski definition) is 1. The van der Waals surface area contributed by atoms with Gasteiger partial charge in [-0.15, -0.1) is 0 Å². The van der Waals surface area contributed by atoms with Crippen molar-refractivity contribution in [1.29, 1.82) is 5.26 Å². The lowest BCUT2D eigenvalue weighted by Crippen LogP contribution is -2.42. The van der Waals surface area contributed by atoms with Crippen LogP contribution in [0.4, 0.5) is 5.82 Å². The predicted octanol–water partition coefficient (Wildman–Crippen LogP) is 5.84. The van der Waals surface area contributed by atoms with Gasteiger partial charge in [0.2, 0.25) is 0 Å². The molecule has 2 aliphatic rings. The van der Waals surface area contributed by atoms with Crippen LogP contribution in [-0.4, -0.2) is 50.4 Å². The zero-order valence-electron chi connectivity index (χ0n) is 24.2. The fourth-order valence-corrected chi connectivity index (χ4v) is 7.15. The molecule has 1 amide bonds. The summed E-state index contributed by atoms with van der Waals surface area (Å²) in [5.74, 6) is 0.851. The number of unbranched alkanes of at least 4 members (excludes halogenated alkanes) is 7. The number of carboxylic acid groups (broad SMARTS) is 1. The first-order chi connectivity index (χ1) is 19.0. The number of nitriles is 1. The van der Waals surface area contributed by atoms with Gasteiger partial charge in [-0.1, -0.05) is 76.4 Å². The van der Waals surface area contributed by atoms with Crippen LogP contribution in [0.5, 0.6) is 0 Å². The van der Waals surface area contributed by atoms with Gasteiger partial charge >= 0.3 is 5.97 Å². The molecule has 1 aromatic rings. The maximum absolute atomic E-state index is 13.4. The van der Waals surface area contributed by atoms with E-state index in [1.807, 2.05) is 6.08 Å². The Kier molecular flexibility index (Phi) is 11.8. The second-order valence-corrected chi connectivity index (χ2v) is 13.0. The van der Waals surface area contributed by atoms with Gasteiger partial charge in [0.05, 0.1) is 4.91 Å². The van der Waals surface area contributed by atoms with E-state index in [1.165, 1.54) is 11.8 Å². The molecular formula is C30H42N4O4S2. The lowest BCUT2D eigenvalue weighted by atomic mass is 9.91. The van der Waals surface area contributed by atoms with Crippen molar-refractivity contribution in [3.8, 4) is 6.07 Å². The molecule has 1 aromatic heterocycles. The maximum Gasteiger partial charge on any atom is 0.303 e. The number of carboxylic acids is 1. The second-order valence-electron chi connectivity index (χ2n) is 11.4. The Morgan fingerprint density at radius 1 is 1.07 bits per heavy atom. The van der Waals surface area contributed by atoms with Crippen molar-refractivity contribution < 1.29 is 14.7 Å². The van der Waals surface area contributed by atoms with E-state index in [0.717, 1.165) is 82.3 Å². The third kappa shape index (κ3) is 7.97. The highest BCUT2D eigenvalue weighted by Gasteiger charge is 2.33. The summed E-state index contributed by atoms with van der Waals surface area (Å²) >= 11 is 6.86. The van der Waals surface area contributed by atoms with E-state index >= 15 is 0 Å². The van der Waals surface area contributed by atoms with Gasteiger partial charge in [-0.25, -0.2) is 0 Å². The number of piperidine rings is 1. The fourth-order valence-electron chi connectivity index (χ4n) is 5.86. The predicted molar refractivity (Wildman–Crippen MR) is 165 cm³/mol. The van der Waals surface area contributed by atoms with Crippen molar-refractivity contribution in [2.45, 2.75) is 85.0 Å². The summed E-state index contributed by atoms with van der Waals surface area (Å²) in [5, 5.41) is 18.4. The highest BCUT2D eigenvalue weighted by molar-refractivity contribution is 8.26. The van der Waals surface area contributed by atoms with Gasteiger partial charge < -0.3 is 10.0 Å². The molecule has 40 heavy (non-hydrogen) atoms. The lowest BCUT2D eigenvalue weighted by Gasteiger charge is -2.38. The number of carbonyl (C=O) groups excluding carboxylic acids is 1. The highest BCUT2D eigenvalue weighted by Crippen LogP contribution is 2.37. The van der Waals surface area contributed by atoms with Gasteiger partial charge in [-0.2, -0.15) is 5.26 Å². The summed E-state index contributed by atoms with van der Waals surface area (Å²) < 4.78 is 2.11. The monoisotopic (exact) mass is 586 g/mol. The van der Waals surface area contributed by atoms with Crippen molar-refractivity contribution in [3.63, 3.8) is 0 Å². The van der Waals surface area contributed by atoms with Crippen molar-refractivity contribution in [1.82, 2.24) is 9.47 Å². The molecule has 0 aliphatic carbocycles. The number of rotatable bonds is 13. The normalized spacial score (nSPS) is 20.4. The van der Waals surface area contributed by atoms with Crippen LogP contribution in [0, 0.1) is 30.1 Å². The third-order valence-electron chi connectivity index (χ3n) is 7.81. The summed E-state index contributed by atoms with van der Waals surface area (Å²) in [6.45, 7) is 8.42. The average Bonchev–Trinajstić information content (AvgIpc) is 3.15. The first kappa shape index (κ1) is 31.9. The van der Waals surface area contributed by atoms with Crippen LogP contribution in [0.2, 0.25) is 0 Å². The zero-order chi connectivity index (χ0) is 29.4. The van der Waals surface area contributed by atoms with Gasteiger partial charge in [0, 0.05) is 38.7 Å². The number of amides is 1. The van der Waals surface area contributed by atoms with Crippen LogP contribution in [0.3, 0.4) is 0 Å². The number of aromatic nitrogens is 1. The minimum Gasteiger partial charge on any atom is -0.481 e. The second kappa shape index (κ2) is 14.8. The van der Waals surface area contributed by atoms with E-state index in [-0.39, 0.29) is 23.5 Å². The molecule has 2 saturated heterocycles. The quantitative estimate of drug-likeness (QED) is 0.174. The number of thioether (sulfide) groups is 1. The van der Waals surface area contributed by atoms with Crippen LogP contribution in [0.25, 0.3) is 6.08 Å². The Bertz CT molecular complexity index is 1240. The number of nitrogens with zero attached hydrogens (tertiary/aromatic N) is 4. The Balaban J connectivity index is 1.69. The van der Waals surface area contributed by atoms with Gasteiger partial charge in [-0.05, 0) is 49.7 Å². The molecule has 2 aliphatic heterocycles. The molecule has 2 fully saturated rings. The topological polar surface area (TPSA) is 107 Å². The number of carbonyl (C=O) groups is 2. The molecule has 218 valence electrons. The van der Waals surface area contributed by atoms with E-state index in [1.54, 1.807) is 23.4 Å². The summed E-state index contributed by atoms with van der Waals surface area (Å²) in [7, 11) is 1.71. The molecule has 2 atom stereocenters. The average molecular weight is 587 g/mol. The van der Waals surface area contributed by atoms with Crippen molar-refractivity contribution in [2.24, 2.45) is 18.9 Å². The number of aliphatic carboxylic acids is 1. The molecular weight excluding hydrogens is 544 g/mol. The van der Waals surface area contributed by atoms with Crippen LogP contribution in [0.15, 0.2) is 9.70 Å². The number of hydrogen-bond acceptors (Lipinski definition) is 7. The summed E-state index contributed by atoms with van der Waals surface area (Å²) in [6.07, 6.45) is 11.1. The van der Waals surface area contributed by atoms with E-state index in [0.29, 0.717) is 33.2 Å². The highest BCUT2D eigenvalue weighted by atomic mass is 32.2. The Labute approximate surface area is 247 Å². The molecule has 3 rings (SSSR count). The third-order valence-corrected chi connectivity index (χ3v) is 9.19. The molecule has 2 unspecified atom stereocenters. The van der Waals surface area contributed by atoms with Gasteiger partial charge in [0.25, 0.3) is 11.5 Å². The standard InChI is InChI=1S/C30H42N4O4S2/c1-20-15-21(2)19-33(18-20)27-23(22(3)24(17-31)28(37)32(27)4)16-25-29(38)34(30(39)40-25)14-12-10-8-6-5-7-9-11-13-26(35)36/h16,20-21H,5-15,18-19H2,1-4H3,(H,35,36). The molecule has 3 heterocycles. The number of anilines is 1. The maximum atomic E-state index is 13.4. The smallest absolute Gasteiger partial charge is 0.303 e. The summed E-state index contributed by atoms with van der Waals surface area (Å²) in [5.41, 5.74) is 1.13.